The van der Waals surface area contributed by atoms with Gasteiger partial charge in [0.15, 0.2) is 15.6 Å². The van der Waals surface area contributed by atoms with Crippen LogP contribution in [0.2, 0.25) is 0 Å². The van der Waals surface area contributed by atoms with Crippen LogP contribution in [0, 0.1) is 6.92 Å². The van der Waals surface area contributed by atoms with E-state index in [2.05, 4.69) is 0 Å². The fourth-order valence-corrected chi connectivity index (χ4v) is 4.42. The summed E-state index contributed by atoms with van der Waals surface area (Å²) >= 11 is 0. The van der Waals surface area contributed by atoms with Gasteiger partial charge in [0, 0.05) is 5.56 Å². The van der Waals surface area contributed by atoms with Gasteiger partial charge in [0.2, 0.25) is 0 Å². The van der Waals surface area contributed by atoms with Gasteiger partial charge >= 0.3 is 0 Å². The molecule has 0 aromatic heterocycles. The van der Waals surface area contributed by atoms with Gasteiger partial charge in [-0.1, -0.05) is 78.4 Å². The van der Waals surface area contributed by atoms with Gasteiger partial charge in [-0.15, -0.1) is 0 Å². The molecule has 0 amide bonds. The first-order valence-corrected chi connectivity index (χ1v) is 10.1. The zero-order chi connectivity index (χ0) is 18.6. The van der Waals surface area contributed by atoms with E-state index in [4.69, 9.17) is 0 Å². The highest BCUT2D eigenvalue weighted by atomic mass is 32.2. The maximum atomic E-state index is 13.1. The van der Waals surface area contributed by atoms with Crippen molar-refractivity contribution < 1.29 is 13.2 Å². The van der Waals surface area contributed by atoms with E-state index in [-0.39, 0.29) is 16.4 Å². The molecule has 3 aromatic carbocycles. The third-order valence-corrected chi connectivity index (χ3v) is 6.11. The maximum absolute atomic E-state index is 13.1. The molecule has 4 heteroatoms. The number of aryl methyl sites for hydroxylation is 1. The van der Waals surface area contributed by atoms with Gasteiger partial charge in [0.1, 0.15) is 0 Å². The fraction of sp³-hybridized carbons (Fsp3) is 0.136. The summed E-state index contributed by atoms with van der Waals surface area (Å²) < 4.78 is 25.7. The summed E-state index contributed by atoms with van der Waals surface area (Å²) in [5.41, 5.74) is 2.29. The molecule has 26 heavy (non-hydrogen) atoms. The smallest absolute Gasteiger partial charge is 0.179 e. The van der Waals surface area contributed by atoms with Gasteiger partial charge in [-0.05, 0) is 24.6 Å². The highest BCUT2D eigenvalue weighted by molar-refractivity contribution is 7.91. The normalized spacial score (nSPS) is 12.5. The molecular weight excluding hydrogens is 344 g/mol. The van der Waals surface area contributed by atoms with E-state index in [0.29, 0.717) is 11.1 Å². The minimum absolute atomic E-state index is 0.186. The first-order chi connectivity index (χ1) is 12.5. The number of rotatable bonds is 6. The first-order valence-electron chi connectivity index (χ1n) is 8.41. The van der Waals surface area contributed by atoms with Crippen LogP contribution in [0.15, 0.2) is 89.8 Å². The molecule has 3 nitrogen and oxygen atoms in total. The zero-order valence-corrected chi connectivity index (χ0v) is 15.3. The molecule has 0 fully saturated rings. The van der Waals surface area contributed by atoms with Crippen molar-refractivity contribution in [2.45, 2.75) is 17.7 Å². The van der Waals surface area contributed by atoms with E-state index in [0.717, 1.165) is 5.56 Å². The average Bonchev–Trinajstić information content (AvgIpc) is 2.68. The lowest BCUT2D eigenvalue weighted by molar-refractivity contribution is 0.0967. The Hall–Kier alpha value is -2.72. The van der Waals surface area contributed by atoms with Crippen molar-refractivity contribution >= 4 is 15.6 Å². The number of carbonyl (C=O) groups is 1. The highest BCUT2D eigenvalue weighted by Gasteiger charge is 2.29. The lowest BCUT2D eigenvalue weighted by atomic mass is 9.92. The molecule has 0 saturated carbocycles. The maximum Gasteiger partial charge on any atom is 0.179 e. The minimum atomic E-state index is -3.59. The number of benzene rings is 3. The second-order valence-corrected chi connectivity index (χ2v) is 8.32. The van der Waals surface area contributed by atoms with Gasteiger partial charge in [0.05, 0.1) is 16.6 Å². The number of ketones is 1. The molecule has 0 radical (unpaired) electrons. The molecule has 3 rings (SSSR count). The van der Waals surface area contributed by atoms with E-state index in [1.54, 1.807) is 54.6 Å². The SMILES string of the molecule is Cc1ccc(C(CS(=O)(=O)c2ccccc2)C(=O)c2ccccc2)cc1. The summed E-state index contributed by atoms with van der Waals surface area (Å²) in [6, 6.07) is 24.6. The van der Waals surface area contributed by atoms with Crippen LogP contribution in [0.5, 0.6) is 0 Å². The molecule has 1 unspecified atom stereocenters. The van der Waals surface area contributed by atoms with Crippen molar-refractivity contribution in [3.63, 3.8) is 0 Å². The largest absolute Gasteiger partial charge is 0.293 e. The Labute approximate surface area is 154 Å². The van der Waals surface area contributed by atoms with E-state index in [9.17, 15) is 13.2 Å². The van der Waals surface area contributed by atoms with Crippen molar-refractivity contribution in [1.29, 1.82) is 0 Å². The Balaban J connectivity index is 2.01. The second-order valence-electron chi connectivity index (χ2n) is 6.29. The summed E-state index contributed by atoms with van der Waals surface area (Å²) in [7, 11) is -3.59. The molecule has 0 heterocycles. The van der Waals surface area contributed by atoms with E-state index in [1.807, 2.05) is 37.3 Å². The fourth-order valence-electron chi connectivity index (χ4n) is 2.87. The molecule has 0 saturated heterocycles. The lowest BCUT2D eigenvalue weighted by Crippen LogP contribution is -2.22. The molecule has 0 aliphatic carbocycles. The number of Topliss-reactive ketones (excluding diaryl/α,β-unsaturated/α-hetero) is 1. The summed E-state index contributed by atoms with van der Waals surface area (Å²) in [6.07, 6.45) is 0. The van der Waals surface area contributed by atoms with E-state index >= 15 is 0 Å². The Morgan fingerprint density at radius 1 is 0.808 bits per heavy atom. The molecule has 3 aromatic rings. The van der Waals surface area contributed by atoms with Crippen LogP contribution < -0.4 is 0 Å². The van der Waals surface area contributed by atoms with Gasteiger partial charge < -0.3 is 0 Å². The molecule has 132 valence electrons. The number of sulfone groups is 1. The standard InChI is InChI=1S/C22H20O3S/c1-17-12-14-18(15-13-17)21(22(23)19-8-4-2-5-9-19)16-26(24,25)20-10-6-3-7-11-20/h2-15,21H,16H2,1H3. The van der Waals surface area contributed by atoms with Crippen LogP contribution >= 0.6 is 0 Å². The highest BCUT2D eigenvalue weighted by Crippen LogP contribution is 2.26. The van der Waals surface area contributed by atoms with Crippen molar-refractivity contribution in [1.82, 2.24) is 0 Å². The topological polar surface area (TPSA) is 51.2 Å². The summed E-state index contributed by atoms with van der Waals surface area (Å²) in [5.74, 6) is -1.19. The Kier molecular flexibility index (Phi) is 5.33. The average molecular weight is 364 g/mol. The van der Waals surface area contributed by atoms with Crippen LogP contribution in [-0.4, -0.2) is 20.0 Å². The summed E-state index contributed by atoms with van der Waals surface area (Å²) in [6.45, 7) is 1.96. The number of hydrogen-bond donors (Lipinski definition) is 0. The van der Waals surface area contributed by atoms with Crippen LogP contribution in [-0.2, 0) is 9.84 Å². The van der Waals surface area contributed by atoms with E-state index in [1.165, 1.54) is 0 Å². The van der Waals surface area contributed by atoms with Gasteiger partial charge in [-0.25, -0.2) is 8.42 Å². The first kappa shape index (κ1) is 18.1. The molecule has 1 atom stereocenters. The second kappa shape index (κ2) is 7.67. The van der Waals surface area contributed by atoms with Crippen molar-refractivity contribution in [2.24, 2.45) is 0 Å². The number of carbonyl (C=O) groups excluding carboxylic acids is 1. The third-order valence-electron chi connectivity index (χ3n) is 4.34. The minimum Gasteiger partial charge on any atom is -0.293 e. The summed E-state index contributed by atoms with van der Waals surface area (Å²) in [4.78, 5) is 13.3. The van der Waals surface area contributed by atoms with E-state index < -0.39 is 15.8 Å². The van der Waals surface area contributed by atoms with Gasteiger partial charge in [-0.3, -0.25) is 4.79 Å². The predicted molar refractivity (Wildman–Crippen MR) is 103 cm³/mol. The predicted octanol–water partition coefficient (Wildman–Crippen LogP) is 4.44. The monoisotopic (exact) mass is 364 g/mol. The molecule has 0 aliphatic heterocycles. The van der Waals surface area contributed by atoms with Crippen molar-refractivity contribution in [3.05, 3.63) is 102 Å². The molecule has 0 spiro atoms. The van der Waals surface area contributed by atoms with Crippen molar-refractivity contribution in [2.75, 3.05) is 5.75 Å². The molecular formula is C22H20O3S. The Morgan fingerprint density at radius 2 is 1.35 bits per heavy atom. The third kappa shape index (κ3) is 4.09. The lowest BCUT2D eigenvalue weighted by Gasteiger charge is -2.17. The Morgan fingerprint density at radius 3 is 1.92 bits per heavy atom. The quantitative estimate of drug-likeness (QED) is 0.608. The Bertz CT molecular complexity index is 977. The van der Waals surface area contributed by atoms with Gasteiger partial charge in [-0.2, -0.15) is 0 Å². The van der Waals surface area contributed by atoms with Crippen LogP contribution in [0.25, 0.3) is 0 Å². The van der Waals surface area contributed by atoms with Crippen LogP contribution in [0.3, 0.4) is 0 Å². The van der Waals surface area contributed by atoms with Crippen molar-refractivity contribution in [3.8, 4) is 0 Å². The number of hydrogen-bond acceptors (Lipinski definition) is 3. The zero-order valence-electron chi connectivity index (χ0n) is 14.5. The molecule has 0 bridgehead atoms. The van der Waals surface area contributed by atoms with Crippen LogP contribution in [0.4, 0.5) is 0 Å². The molecule has 0 N–H and O–H groups in total. The summed E-state index contributed by atoms with van der Waals surface area (Å²) in [5, 5.41) is 0. The molecule has 0 aliphatic rings. The van der Waals surface area contributed by atoms with Gasteiger partial charge in [0.25, 0.3) is 0 Å². The van der Waals surface area contributed by atoms with Crippen LogP contribution in [0.1, 0.15) is 27.4 Å².